The monoisotopic (exact) mass is 260 g/mol. The number of hydrogen-bond donors (Lipinski definition) is 0. The molecule has 0 amide bonds. The van der Waals surface area contributed by atoms with Crippen LogP contribution in [0.15, 0.2) is 24.3 Å². The molecular formula is C11H14BrCl. The topological polar surface area (TPSA) is 0 Å². The van der Waals surface area contributed by atoms with Gasteiger partial charge >= 0.3 is 0 Å². The van der Waals surface area contributed by atoms with Crippen LogP contribution in [0, 0.1) is 5.92 Å². The van der Waals surface area contributed by atoms with Crippen LogP contribution in [0.1, 0.15) is 25.3 Å². The second kappa shape index (κ2) is 5.02. The lowest BCUT2D eigenvalue weighted by molar-refractivity contribution is 0.544. The minimum absolute atomic E-state index is 0.554. The molecular weight excluding hydrogens is 247 g/mol. The highest BCUT2D eigenvalue weighted by atomic mass is 79.9. The molecule has 72 valence electrons. The average Bonchev–Trinajstić information content (AvgIpc) is 2.04. The van der Waals surface area contributed by atoms with Crippen molar-refractivity contribution in [2.45, 2.75) is 19.8 Å². The van der Waals surface area contributed by atoms with Gasteiger partial charge in [0.25, 0.3) is 0 Å². The van der Waals surface area contributed by atoms with Gasteiger partial charge in [-0.3, -0.25) is 0 Å². The SMILES string of the molecule is CC(C)C(CBr)c1cccc(Cl)c1. The van der Waals surface area contributed by atoms with E-state index in [9.17, 15) is 0 Å². The summed E-state index contributed by atoms with van der Waals surface area (Å²) in [6.45, 7) is 4.46. The van der Waals surface area contributed by atoms with E-state index in [1.807, 2.05) is 18.2 Å². The summed E-state index contributed by atoms with van der Waals surface area (Å²) >= 11 is 9.47. The fourth-order valence-electron chi connectivity index (χ4n) is 1.39. The summed E-state index contributed by atoms with van der Waals surface area (Å²) in [4.78, 5) is 0. The van der Waals surface area contributed by atoms with Gasteiger partial charge in [-0.15, -0.1) is 0 Å². The predicted molar refractivity (Wildman–Crippen MR) is 62.8 cm³/mol. The molecule has 13 heavy (non-hydrogen) atoms. The van der Waals surface area contributed by atoms with Crippen molar-refractivity contribution in [3.63, 3.8) is 0 Å². The third-order valence-corrected chi connectivity index (χ3v) is 3.18. The molecule has 0 saturated carbocycles. The van der Waals surface area contributed by atoms with Gasteiger partial charge in [0.2, 0.25) is 0 Å². The van der Waals surface area contributed by atoms with Crippen LogP contribution in [0.2, 0.25) is 5.02 Å². The second-order valence-electron chi connectivity index (χ2n) is 3.56. The molecule has 1 rings (SSSR count). The van der Waals surface area contributed by atoms with Crippen molar-refractivity contribution in [1.82, 2.24) is 0 Å². The van der Waals surface area contributed by atoms with Gasteiger partial charge in [0.05, 0.1) is 0 Å². The van der Waals surface area contributed by atoms with Gasteiger partial charge in [-0.05, 0) is 29.5 Å². The van der Waals surface area contributed by atoms with Crippen LogP contribution in [-0.2, 0) is 0 Å². The Hall–Kier alpha value is -0.0100. The van der Waals surface area contributed by atoms with E-state index in [-0.39, 0.29) is 0 Å². The molecule has 0 fully saturated rings. The van der Waals surface area contributed by atoms with E-state index in [1.54, 1.807) is 0 Å². The van der Waals surface area contributed by atoms with Crippen LogP contribution >= 0.6 is 27.5 Å². The van der Waals surface area contributed by atoms with Gasteiger partial charge in [-0.2, -0.15) is 0 Å². The highest BCUT2D eigenvalue weighted by Crippen LogP contribution is 2.27. The number of halogens is 2. The van der Waals surface area contributed by atoms with Gasteiger partial charge in [0.15, 0.2) is 0 Å². The Balaban J connectivity index is 2.91. The molecule has 0 radical (unpaired) electrons. The fraction of sp³-hybridized carbons (Fsp3) is 0.455. The molecule has 0 heterocycles. The van der Waals surface area contributed by atoms with E-state index >= 15 is 0 Å². The van der Waals surface area contributed by atoms with Gasteiger partial charge in [-0.1, -0.05) is 53.5 Å². The summed E-state index contributed by atoms with van der Waals surface area (Å²) in [6.07, 6.45) is 0. The standard InChI is InChI=1S/C11H14BrCl/c1-8(2)11(7-12)9-4-3-5-10(13)6-9/h3-6,8,11H,7H2,1-2H3. The zero-order valence-corrected chi connectivity index (χ0v) is 10.3. The van der Waals surface area contributed by atoms with Crippen LogP contribution in [0.5, 0.6) is 0 Å². The first-order valence-electron chi connectivity index (χ1n) is 4.46. The maximum atomic E-state index is 5.94. The van der Waals surface area contributed by atoms with Crippen LogP contribution in [0.3, 0.4) is 0 Å². The fourth-order valence-corrected chi connectivity index (χ4v) is 2.71. The Morgan fingerprint density at radius 3 is 2.54 bits per heavy atom. The first kappa shape index (κ1) is 11.1. The zero-order valence-electron chi connectivity index (χ0n) is 7.93. The molecule has 1 aromatic carbocycles. The number of rotatable bonds is 3. The van der Waals surface area contributed by atoms with Crippen LogP contribution in [0.4, 0.5) is 0 Å². The summed E-state index contributed by atoms with van der Waals surface area (Å²) < 4.78 is 0. The third-order valence-electron chi connectivity index (χ3n) is 2.25. The molecule has 0 aliphatic carbocycles. The van der Waals surface area contributed by atoms with Crippen molar-refractivity contribution in [2.24, 2.45) is 5.92 Å². The molecule has 0 nitrogen and oxygen atoms in total. The smallest absolute Gasteiger partial charge is 0.0408 e. The van der Waals surface area contributed by atoms with E-state index in [0.29, 0.717) is 11.8 Å². The number of hydrogen-bond acceptors (Lipinski definition) is 0. The Kier molecular flexibility index (Phi) is 4.27. The van der Waals surface area contributed by atoms with E-state index < -0.39 is 0 Å². The maximum absolute atomic E-state index is 5.94. The van der Waals surface area contributed by atoms with Crippen molar-refractivity contribution in [3.8, 4) is 0 Å². The van der Waals surface area contributed by atoms with Crippen molar-refractivity contribution in [3.05, 3.63) is 34.9 Å². The molecule has 0 N–H and O–H groups in total. The highest BCUT2D eigenvalue weighted by molar-refractivity contribution is 9.09. The van der Waals surface area contributed by atoms with Gasteiger partial charge in [0.1, 0.15) is 0 Å². The van der Waals surface area contributed by atoms with Crippen molar-refractivity contribution >= 4 is 27.5 Å². The Morgan fingerprint density at radius 2 is 2.08 bits per heavy atom. The van der Waals surface area contributed by atoms with Gasteiger partial charge < -0.3 is 0 Å². The molecule has 0 bridgehead atoms. The highest BCUT2D eigenvalue weighted by Gasteiger charge is 2.13. The largest absolute Gasteiger partial charge is 0.0921 e. The van der Waals surface area contributed by atoms with Crippen LogP contribution in [0.25, 0.3) is 0 Å². The first-order chi connectivity index (χ1) is 6.15. The van der Waals surface area contributed by atoms with E-state index in [4.69, 9.17) is 11.6 Å². The minimum atomic E-state index is 0.554. The van der Waals surface area contributed by atoms with Gasteiger partial charge in [-0.25, -0.2) is 0 Å². The molecule has 0 spiro atoms. The first-order valence-corrected chi connectivity index (χ1v) is 5.96. The zero-order chi connectivity index (χ0) is 9.84. The third kappa shape index (κ3) is 2.99. The lowest BCUT2D eigenvalue weighted by atomic mass is 9.90. The molecule has 0 aromatic heterocycles. The van der Waals surface area contributed by atoms with Crippen molar-refractivity contribution in [1.29, 1.82) is 0 Å². The quantitative estimate of drug-likeness (QED) is 0.704. The Labute approximate surface area is 93.4 Å². The van der Waals surface area contributed by atoms with Gasteiger partial charge in [0, 0.05) is 10.4 Å². The predicted octanol–water partition coefficient (Wildman–Crippen LogP) is 4.47. The minimum Gasteiger partial charge on any atom is -0.0921 e. The Morgan fingerprint density at radius 1 is 1.38 bits per heavy atom. The van der Waals surface area contributed by atoms with E-state index in [2.05, 4.69) is 35.8 Å². The number of alkyl halides is 1. The normalized spacial score (nSPS) is 13.3. The van der Waals surface area contributed by atoms with Crippen molar-refractivity contribution in [2.75, 3.05) is 5.33 Å². The molecule has 0 aliphatic rings. The van der Waals surface area contributed by atoms with Crippen LogP contribution in [-0.4, -0.2) is 5.33 Å². The molecule has 1 atom stereocenters. The summed E-state index contributed by atoms with van der Waals surface area (Å²) in [5.41, 5.74) is 1.32. The lowest BCUT2D eigenvalue weighted by Gasteiger charge is -2.18. The molecule has 0 saturated heterocycles. The lowest BCUT2D eigenvalue weighted by Crippen LogP contribution is -2.07. The number of benzene rings is 1. The average molecular weight is 262 g/mol. The second-order valence-corrected chi connectivity index (χ2v) is 4.64. The summed E-state index contributed by atoms with van der Waals surface area (Å²) in [7, 11) is 0. The van der Waals surface area contributed by atoms with Crippen LogP contribution < -0.4 is 0 Å². The van der Waals surface area contributed by atoms with E-state index in [0.717, 1.165) is 10.4 Å². The van der Waals surface area contributed by atoms with E-state index in [1.165, 1.54) is 5.56 Å². The summed E-state index contributed by atoms with van der Waals surface area (Å²) in [5, 5.41) is 1.81. The molecule has 1 aromatic rings. The molecule has 1 unspecified atom stereocenters. The van der Waals surface area contributed by atoms with Crippen molar-refractivity contribution < 1.29 is 0 Å². The summed E-state index contributed by atoms with van der Waals surface area (Å²) in [5.74, 6) is 1.19. The Bertz CT molecular complexity index is 271. The maximum Gasteiger partial charge on any atom is 0.0408 e. The molecule has 0 aliphatic heterocycles. The molecule has 2 heteroatoms. The summed E-state index contributed by atoms with van der Waals surface area (Å²) in [6, 6.07) is 8.11.